The molecule has 1 N–H and O–H groups in total. The molecule has 0 saturated carbocycles. The fourth-order valence-corrected chi connectivity index (χ4v) is 6.75. The van der Waals surface area contributed by atoms with Crippen molar-refractivity contribution >= 4 is 46.1 Å². The second-order valence-corrected chi connectivity index (χ2v) is 12.0. The van der Waals surface area contributed by atoms with E-state index in [-0.39, 0.29) is 22.8 Å². The van der Waals surface area contributed by atoms with Gasteiger partial charge in [-0.05, 0) is 56.7 Å². The fourth-order valence-electron chi connectivity index (χ4n) is 6.75. The van der Waals surface area contributed by atoms with Crippen molar-refractivity contribution < 1.29 is 22.2 Å². The topological polar surface area (TPSA) is 74.2 Å². The van der Waals surface area contributed by atoms with Crippen molar-refractivity contribution in [3.63, 3.8) is 0 Å². The number of hydrogen-bond acceptors (Lipinski definition) is 3. The molecule has 3 aromatic heterocycles. The molecule has 0 saturated heterocycles. The summed E-state index contributed by atoms with van der Waals surface area (Å²) < 4.78 is 0. The van der Waals surface area contributed by atoms with Gasteiger partial charge >= 0.3 is 17.1 Å². The number of aliphatic hydroxyl groups is 1. The normalized spacial score (nSPS) is 12.0. The predicted molar refractivity (Wildman–Crippen MR) is 200 cm³/mol. The number of aliphatic hydroxyl groups excluding tert-OH is 1. The average molecular weight is 692 g/mol. The summed E-state index contributed by atoms with van der Waals surface area (Å²) in [7, 11) is 0. The standard InChI is InChI=1S/C44H28N4O.Cu/c49-39-27-38-42(30-17-9-3-10-18-30)36-24-23-34(46-36)40(28-13-5-1-6-14-28)32-21-22-33(45-32)41(29-15-7-2-8-16-29)35-25-26-37(47-35)43(44(39)48-38)31-19-11-4-12-20-31;/h1-27H,(H-2,45,46,47,48,49);/q-2;+2. The Morgan fingerprint density at radius 1 is 0.380 bits per heavy atom. The van der Waals surface area contributed by atoms with E-state index in [2.05, 4.69) is 36.4 Å². The van der Waals surface area contributed by atoms with Gasteiger partial charge in [-0.15, -0.1) is 22.1 Å². The van der Waals surface area contributed by atoms with Crippen LogP contribution in [0.2, 0.25) is 0 Å². The van der Waals surface area contributed by atoms with E-state index in [1.807, 2.05) is 121 Å². The minimum atomic E-state index is 0. The van der Waals surface area contributed by atoms with Crippen LogP contribution in [0.5, 0.6) is 0 Å². The smallest absolute Gasteiger partial charge is 0.657 e. The molecule has 0 spiro atoms. The molecule has 7 aromatic rings. The van der Waals surface area contributed by atoms with Crippen LogP contribution in [0.4, 0.5) is 0 Å². The number of nitrogens with zero attached hydrogens (tertiary/aromatic N) is 4. The van der Waals surface area contributed by atoms with Crippen molar-refractivity contribution in [1.82, 2.24) is 19.9 Å². The van der Waals surface area contributed by atoms with Crippen molar-refractivity contribution in [1.29, 1.82) is 0 Å². The van der Waals surface area contributed by atoms with Crippen LogP contribution in [0.25, 0.3) is 90.6 Å². The van der Waals surface area contributed by atoms with E-state index in [0.717, 1.165) is 72.4 Å². The van der Waals surface area contributed by atoms with Gasteiger partial charge in [0, 0.05) is 6.08 Å². The summed E-state index contributed by atoms with van der Waals surface area (Å²) in [5.41, 5.74) is 13.1. The third kappa shape index (κ3) is 5.47. The summed E-state index contributed by atoms with van der Waals surface area (Å²) >= 11 is 0. The van der Waals surface area contributed by atoms with Crippen molar-refractivity contribution in [3.8, 4) is 44.5 Å². The molecule has 5 nitrogen and oxygen atoms in total. The predicted octanol–water partition coefficient (Wildman–Crippen LogP) is 10.5. The maximum Gasteiger partial charge on any atom is 2.00 e. The van der Waals surface area contributed by atoms with Gasteiger partial charge in [0.2, 0.25) is 0 Å². The second-order valence-electron chi connectivity index (χ2n) is 12.0. The summed E-state index contributed by atoms with van der Waals surface area (Å²) in [6.07, 6.45) is 5.88. The molecule has 0 aliphatic carbocycles. The number of fused-ring (bicyclic) bond motifs is 8. The Morgan fingerprint density at radius 3 is 1.12 bits per heavy atom. The van der Waals surface area contributed by atoms with E-state index >= 15 is 0 Å². The average Bonchev–Trinajstić information content (AvgIpc) is 3.98. The minimum Gasteiger partial charge on any atom is -0.657 e. The van der Waals surface area contributed by atoms with Gasteiger partial charge in [0.05, 0.1) is 17.1 Å². The second kappa shape index (κ2) is 13.0. The van der Waals surface area contributed by atoms with Crippen LogP contribution in [0.1, 0.15) is 22.8 Å². The van der Waals surface area contributed by atoms with Crippen LogP contribution in [0.15, 0.2) is 146 Å². The Hall–Kier alpha value is -6.20. The minimum absolute atomic E-state index is 0. The quantitative estimate of drug-likeness (QED) is 0.186. The first-order chi connectivity index (χ1) is 24.2. The van der Waals surface area contributed by atoms with Crippen LogP contribution in [0.3, 0.4) is 0 Å². The van der Waals surface area contributed by atoms with Crippen molar-refractivity contribution in [2.75, 3.05) is 0 Å². The van der Waals surface area contributed by atoms with Gasteiger partial charge in [-0.2, -0.15) is 0 Å². The van der Waals surface area contributed by atoms with Crippen LogP contribution in [-0.2, 0) is 17.1 Å². The monoisotopic (exact) mass is 691 g/mol. The van der Waals surface area contributed by atoms with Gasteiger partial charge in [0.1, 0.15) is 11.5 Å². The van der Waals surface area contributed by atoms with Crippen molar-refractivity contribution in [2.45, 2.75) is 0 Å². The van der Waals surface area contributed by atoms with Gasteiger partial charge < -0.3 is 15.1 Å². The third-order valence-electron chi connectivity index (χ3n) is 8.95. The fraction of sp³-hybridized carbons (Fsp3) is 0. The molecule has 0 amide bonds. The molecule has 0 fully saturated rings. The van der Waals surface area contributed by atoms with Gasteiger partial charge in [0.25, 0.3) is 0 Å². The van der Waals surface area contributed by atoms with E-state index < -0.39 is 0 Å². The molecule has 2 aliphatic heterocycles. The first-order valence-corrected chi connectivity index (χ1v) is 16.2. The van der Waals surface area contributed by atoms with Gasteiger partial charge in [-0.25, -0.2) is 9.97 Å². The molecule has 5 heterocycles. The van der Waals surface area contributed by atoms with Gasteiger partial charge in [-0.1, -0.05) is 146 Å². The summed E-state index contributed by atoms with van der Waals surface area (Å²) in [4.78, 5) is 20.9. The van der Waals surface area contributed by atoms with E-state index in [1.165, 1.54) is 0 Å². The van der Waals surface area contributed by atoms with E-state index in [4.69, 9.17) is 19.9 Å². The van der Waals surface area contributed by atoms with Crippen LogP contribution in [0, 0.1) is 0 Å². The Balaban J connectivity index is 0.00000361. The van der Waals surface area contributed by atoms with Crippen LogP contribution in [-0.4, -0.2) is 15.1 Å². The summed E-state index contributed by atoms with van der Waals surface area (Å²) in [5.74, 6) is 0.0775. The summed E-state index contributed by atoms with van der Waals surface area (Å²) in [5, 5.41) is 11.7. The zero-order valence-electron chi connectivity index (χ0n) is 26.6. The summed E-state index contributed by atoms with van der Waals surface area (Å²) in [6.45, 7) is 0. The van der Waals surface area contributed by atoms with Crippen molar-refractivity contribution in [3.05, 3.63) is 168 Å². The largest absolute Gasteiger partial charge is 2.00 e. The molecule has 0 atom stereocenters. The molecule has 9 rings (SSSR count). The Labute approximate surface area is 299 Å². The molecule has 8 bridgehead atoms. The van der Waals surface area contributed by atoms with E-state index in [9.17, 15) is 5.11 Å². The van der Waals surface area contributed by atoms with E-state index in [0.29, 0.717) is 16.9 Å². The Morgan fingerprint density at radius 2 is 0.720 bits per heavy atom. The molecule has 1 radical (unpaired) electrons. The molecule has 50 heavy (non-hydrogen) atoms. The van der Waals surface area contributed by atoms with Gasteiger partial charge in [-0.3, -0.25) is 0 Å². The SMILES string of the molecule is OC1=Cc2nc1c(-c1ccccc1)c1ccc([n-]1)c(-c1ccccc1)c1nc(c(-c3ccccc3)c3ccc([n-]3)c2-c2ccccc2)C=C1.[Cu+2]. The molecule has 0 unspecified atom stereocenters. The maximum absolute atomic E-state index is 11.7. The van der Waals surface area contributed by atoms with Crippen LogP contribution >= 0.6 is 0 Å². The first kappa shape index (κ1) is 31.1. The number of hydrogen-bond donors (Lipinski definition) is 1. The number of aromatic nitrogens is 4. The van der Waals surface area contributed by atoms with E-state index in [1.54, 1.807) is 6.08 Å². The molecular weight excluding hydrogens is 664 g/mol. The molecule has 4 aromatic carbocycles. The molecule has 6 heteroatoms. The molecular formula is C44H28CuN4O. The van der Waals surface area contributed by atoms with Gasteiger partial charge in [0.15, 0.2) is 0 Å². The first-order valence-electron chi connectivity index (χ1n) is 16.2. The third-order valence-corrected chi connectivity index (χ3v) is 8.95. The Kier molecular flexibility index (Phi) is 8.09. The molecule has 2 aliphatic rings. The number of rotatable bonds is 4. The maximum atomic E-state index is 11.7. The number of benzene rings is 4. The van der Waals surface area contributed by atoms with Crippen LogP contribution < -0.4 is 9.97 Å². The van der Waals surface area contributed by atoms with Crippen molar-refractivity contribution in [2.24, 2.45) is 0 Å². The molecule has 241 valence electrons. The zero-order chi connectivity index (χ0) is 32.7. The summed E-state index contributed by atoms with van der Waals surface area (Å²) in [6, 6.07) is 48.7. The zero-order valence-corrected chi connectivity index (χ0v) is 27.6. The Bertz CT molecular complexity index is 2590.